The minimum absolute atomic E-state index is 0.00310. The maximum Gasteiger partial charge on any atom is 0.323 e. The Bertz CT molecular complexity index is 1610. The van der Waals surface area contributed by atoms with Crippen molar-refractivity contribution < 1.29 is 23.9 Å². The minimum Gasteiger partial charge on any atom is -0.497 e. The van der Waals surface area contributed by atoms with Gasteiger partial charge < -0.3 is 25.0 Å². The predicted octanol–water partition coefficient (Wildman–Crippen LogP) is 1.02. The number of anilines is 2. The van der Waals surface area contributed by atoms with Gasteiger partial charge in [0.25, 0.3) is 22.7 Å². The van der Waals surface area contributed by atoms with Crippen molar-refractivity contribution in [3.8, 4) is 23.3 Å². The first-order valence-electron chi connectivity index (χ1n) is 11.7. The monoisotopic (exact) mass is 514 g/mol. The largest absolute Gasteiger partial charge is 0.497 e. The fraction of sp³-hybridized carbons (Fsp3) is 0.222. The van der Waals surface area contributed by atoms with E-state index in [-0.39, 0.29) is 37.0 Å². The zero-order valence-corrected chi connectivity index (χ0v) is 20.5. The summed E-state index contributed by atoms with van der Waals surface area (Å²) in [6.45, 7) is 2.07. The molecule has 11 heteroatoms. The number of imide groups is 1. The van der Waals surface area contributed by atoms with Crippen LogP contribution in [0.3, 0.4) is 0 Å². The summed E-state index contributed by atoms with van der Waals surface area (Å²) < 4.78 is 10.4. The van der Waals surface area contributed by atoms with E-state index in [1.807, 2.05) is 0 Å². The summed E-state index contributed by atoms with van der Waals surface area (Å²) >= 11 is 0. The molecule has 2 heterocycles. The molecule has 192 valence electrons. The highest BCUT2D eigenvalue weighted by molar-refractivity contribution is 6.10. The van der Waals surface area contributed by atoms with E-state index in [1.54, 1.807) is 49.4 Å². The van der Waals surface area contributed by atoms with Crippen molar-refractivity contribution >= 4 is 29.2 Å². The summed E-state index contributed by atoms with van der Waals surface area (Å²) in [7, 11) is 1.51. The van der Waals surface area contributed by atoms with Crippen molar-refractivity contribution in [1.82, 2.24) is 15.5 Å². The molecule has 0 spiro atoms. The number of hydrogen-bond donors (Lipinski definition) is 3. The third-order valence-corrected chi connectivity index (χ3v) is 6.30. The van der Waals surface area contributed by atoms with Gasteiger partial charge >= 0.3 is 6.03 Å². The summed E-state index contributed by atoms with van der Waals surface area (Å²) in [6, 6.07) is 11.1. The fourth-order valence-electron chi connectivity index (χ4n) is 4.34. The van der Waals surface area contributed by atoms with Gasteiger partial charge in [0.2, 0.25) is 5.54 Å². The van der Waals surface area contributed by atoms with Crippen molar-refractivity contribution in [2.24, 2.45) is 0 Å². The number of benzene rings is 2. The van der Waals surface area contributed by atoms with Crippen LogP contribution in [0.25, 0.3) is 0 Å². The van der Waals surface area contributed by atoms with E-state index in [9.17, 15) is 24.0 Å². The first-order valence-corrected chi connectivity index (χ1v) is 11.7. The number of hydrogen-bond acceptors (Lipinski definition) is 8. The van der Waals surface area contributed by atoms with Crippen LogP contribution in [0, 0.1) is 11.8 Å². The third kappa shape index (κ3) is 4.22. The van der Waals surface area contributed by atoms with Crippen LogP contribution in [0.4, 0.5) is 16.2 Å². The zero-order chi connectivity index (χ0) is 27.0. The van der Waals surface area contributed by atoms with Crippen LogP contribution < -0.4 is 36.3 Å². The van der Waals surface area contributed by atoms with Gasteiger partial charge in [-0.15, -0.1) is 0 Å². The highest BCUT2D eigenvalue weighted by Crippen LogP contribution is 2.28. The quantitative estimate of drug-likeness (QED) is 0.241. The van der Waals surface area contributed by atoms with Crippen LogP contribution in [0.2, 0.25) is 0 Å². The van der Waals surface area contributed by atoms with Gasteiger partial charge in [-0.25, -0.2) is 4.79 Å². The Balaban J connectivity index is 1.36. The van der Waals surface area contributed by atoms with Gasteiger partial charge in [-0.3, -0.25) is 24.5 Å². The molecule has 3 N–H and O–H groups in total. The summed E-state index contributed by atoms with van der Waals surface area (Å²) in [4.78, 5) is 62.8. The standard InChI is InChI=1S/C27H22N4O7/c1-3-38-23-20(21(32)22(23)33)28-17-7-4-15(5-8-17)10-11-27(25(35)29-26(36)30-27)14-31-13-16-6-9-18(37-2)12-19(16)24(31)34/h4-9,12,28H,3,13-14H2,1-2H3,(H2,29,30,35,36)/t27-/m1/s1. The van der Waals surface area contributed by atoms with E-state index >= 15 is 0 Å². The summed E-state index contributed by atoms with van der Waals surface area (Å²) in [6.07, 6.45) is 0. The molecule has 2 aliphatic rings. The number of carbonyl (C=O) groups is 3. The van der Waals surface area contributed by atoms with Crippen molar-refractivity contribution in [3.63, 3.8) is 0 Å². The number of carbonyl (C=O) groups excluding carboxylic acids is 3. The number of urea groups is 1. The van der Waals surface area contributed by atoms with E-state index in [4.69, 9.17) is 9.47 Å². The Morgan fingerprint density at radius 3 is 2.47 bits per heavy atom. The predicted molar refractivity (Wildman–Crippen MR) is 136 cm³/mol. The molecule has 11 nitrogen and oxygen atoms in total. The number of nitrogens with one attached hydrogen (secondary N) is 3. The van der Waals surface area contributed by atoms with Gasteiger partial charge in [0.15, 0.2) is 5.75 Å². The Labute approximate surface area is 216 Å². The lowest BCUT2D eigenvalue weighted by Gasteiger charge is -2.26. The molecule has 3 aromatic rings. The highest BCUT2D eigenvalue weighted by Gasteiger charge is 2.48. The Kier molecular flexibility index (Phi) is 6.08. The molecule has 1 atom stereocenters. The molecule has 0 aromatic heterocycles. The van der Waals surface area contributed by atoms with Crippen LogP contribution in [-0.2, 0) is 11.3 Å². The van der Waals surface area contributed by atoms with Crippen LogP contribution in [0.5, 0.6) is 11.5 Å². The van der Waals surface area contributed by atoms with Gasteiger partial charge in [0, 0.05) is 23.4 Å². The summed E-state index contributed by atoms with van der Waals surface area (Å²) in [5, 5.41) is 7.64. The second-order valence-electron chi connectivity index (χ2n) is 8.75. The Morgan fingerprint density at radius 1 is 1.05 bits per heavy atom. The lowest BCUT2D eigenvalue weighted by atomic mass is 9.99. The maximum atomic E-state index is 13.0. The molecule has 0 unspecified atom stereocenters. The Morgan fingerprint density at radius 2 is 1.82 bits per heavy atom. The second-order valence-corrected chi connectivity index (χ2v) is 8.75. The molecule has 2 aliphatic heterocycles. The van der Waals surface area contributed by atoms with Crippen molar-refractivity contribution in [2.45, 2.75) is 19.0 Å². The molecule has 0 bridgehead atoms. The van der Waals surface area contributed by atoms with Gasteiger partial charge in [0.1, 0.15) is 11.4 Å². The summed E-state index contributed by atoms with van der Waals surface area (Å²) in [5.74, 6) is 5.33. The number of ether oxygens (including phenoxy) is 2. The summed E-state index contributed by atoms with van der Waals surface area (Å²) in [5.41, 5.74) is -0.590. The Hall–Kier alpha value is -5.11. The van der Waals surface area contributed by atoms with Gasteiger partial charge in [-0.2, -0.15) is 0 Å². The zero-order valence-electron chi connectivity index (χ0n) is 20.5. The van der Waals surface area contributed by atoms with Gasteiger partial charge in [-0.1, -0.05) is 17.9 Å². The smallest absolute Gasteiger partial charge is 0.323 e. The number of nitrogens with zero attached hydrogens (tertiary/aromatic N) is 1. The van der Waals surface area contributed by atoms with E-state index in [0.717, 1.165) is 5.56 Å². The SMILES string of the molecule is CCOc1c(Nc2ccc(C#C[C@]3(CN4Cc5ccc(OC)cc5C4=O)NC(=O)NC3=O)cc2)c(=O)c1=O. The van der Waals surface area contributed by atoms with E-state index in [1.165, 1.54) is 12.0 Å². The normalized spacial score (nSPS) is 17.9. The number of amides is 4. The molecular weight excluding hydrogens is 492 g/mol. The lowest BCUT2D eigenvalue weighted by molar-refractivity contribution is -0.122. The first-order chi connectivity index (χ1) is 18.2. The molecule has 0 radical (unpaired) electrons. The van der Waals surface area contributed by atoms with Crippen molar-refractivity contribution in [1.29, 1.82) is 0 Å². The molecular formula is C27H22N4O7. The molecule has 1 fully saturated rings. The van der Waals surface area contributed by atoms with Crippen LogP contribution in [0.1, 0.15) is 28.4 Å². The van der Waals surface area contributed by atoms with Crippen molar-refractivity contribution in [3.05, 3.63) is 79.6 Å². The average molecular weight is 514 g/mol. The molecule has 4 amide bonds. The van der Waals surface area contributed by atoms with Crippen molar-refractivity contribution in [2.75, 3.05) is 25.6 Å². The van der Waals surface area contributed by atoms with Crippen LogP contribution >= 0.6 is 0 Å². The molecule has 5 rings (SSSR count). The van der Waals surface area contributed by atoms with E-state index in [0.29, 0.717) is 22.6 Å². The topological polar surface area (TPSA) is 143 Å². The maximum absolute atomic E-state index is 13.0. The molecule has 0 aliphatic carbocycles. The third-order valence-electron chi connectivity index (χ3n) is 6.30. The van der Waals surface area contributed by atoms with Crippen LogP contribution in [-0.4, -0.2) is 48.5 Å². The molecule has 1 saturated heterocycles. The van der Waals surface area contributed by atoms with E-state index < -0.39 is 28.3 Å². The van der Waals surface area contributed by atoms with E-state index in [2.05, 4.69) is 27.8 Å². The highest BCUT2D eigenvalue weighted by atomic mass is 16.5. The molecule has 0 saturated carbocycles. The minimum atomic E-state index is -1.65. The number of methoxy groups -OCH3 is 1. The first kappa shape index (κ1) is 24.6. The van der Waals surface area contributed by atoms with Crippen LogP contribution in [0.15, 0.2) is 52.1 Å². The second kappa shape index (κ2) is 9.40. The van der Waals surface area contributed by atoms with Gasteiger partial charge in [0.05, 0.1) is 20.3 Å². The fourth-order valence-corrected chi connectivity index (χ4v) is 4.34. The number of fused-ring (bicyclic) bond motifs is 1. The number of rotatable bonds is 7. The average Bonchev–Trinajstić information content (AvgIpc) is 3.38. The molecule has 38 heavy (non-hydrogen) atoms. The van der Waals surface area contributed by atoms with Gasteiger partial charge in [-0.05, 0) is 48.9 Å². The lowest BCUT2D eigenvalue weighted by Crippen LogP contribution is -2.54. The molecule has 3 aromatic carbocycles.